The van der Waals surface area contributed by atoms with Crippen molar-refractivity contribution in [1.29, 1.82) is 0 Å². The summed E-state index contributed by atoms with van der Waals surface area (Å²) in [5.74, 6) is 0.0625. The summed E-state index contributed by atoms with van der Waals surface area (Å²) in [5, 5.41) is 11.6. The van der Waals surface area contributed by atoms with Crippen molar-refractivity contribution in [1.82, 2.24) is 15.2 Å². The average Bonchev–Trinajstić information content (AvgIpc) is 3.50. The van der Waals surface area contributed by atoms with Crippen LogP contribution >= 0.6 is 11.6 Å². The van der Waals surface area contributed by atoms with Gasteiger partial charge in [0, 0.05) is 28.7 Å². The van der Waals surface area contributed by atoms with Crippen LogP contribution in [-0.4, -0.2) is 27.3 Å². The van der Waals surface area contributed by atoms with Crippen LogP contribution in [0.2, 0.25) is 5.02 Å². The molecule has 0 radical (unpaired) electrons. The van der Waals surface area contributed by atoms with E-state index in [-0.39, 0.29) is 11.7 Å². The van der Waals surface area contributed by atoms with E-state index >= 15 is 0 Å². The summed E-state index contributed by atoms with van der Waals surface area (Å²) in [7, 11) is 0. The number of hydrazone groups is 1. The SMILES string of the molecule is CC(=NNC(=O)c1ccc(Cn2cccn2)o1)c1ccc(NC(=O)c2cccc(Cl)c2)cc1. The van der Waals surface area contributed by atoms with Crippen molar-refractivity contribution in [2.45, 2.75) is 13.5 Å². The molecule has 33 heavy (non-hydrogen) atoms. The summed E-state index contributed by atoms with van der Waals surface area (Å²) in [4.78, 5) is 24.7. The predicted molar refractivity (Wildman–Crippen MR) is 126 cm³/mol. The molecule has 166 valence electrons. The van der Waals surface area contributed by atoms with Gasteiger partial charge in [0.1, 0.15) is 5.76 Å². The molecule has 9 heteroatoms. The van der Waals surface area contributed by atoms with Crippen LogP contribution in [0.15, 0.2) is 88.6 Å². The van der Waals surface area contributed by atoms with Gasteiger partial charge in [0.2, 0.25) is 0 Å². The number of carbonyl (C=O) groups excluding carboxylic acids is 2. The van der Waals surface area contributed by atoms with Crippen molar-refractivity contribution in [3.63, 3.8) is 0 Å². The van der Waals surface area contributed by atoms with E-state index in [1.807, 2.05) is 12.3 Å². The van der Waals surface area contributed by atoms with Crippen molar-refractivity contribution < 1.29 is 14.0 Å². The summed E-state index contributed by atoms with van der Waals surface area (Å²) in [6.45, 7) is 2.20. The third kappa shape index (κ3) is 5.75. The summed E-state index contributed by atoms with van der Waals surface area (Å²) in [6.07, 6.45) is 3.48. The van der Waals surface area contributed by atoms with Gasteiger partial charge in [0.05, 0.1) is 12.3 Å². The van der Waals surface area contributed by atoms with Crippen molar-refractivity contribution >= 4 is 34.8 Å². The fourth-order valence-electron chi connectivity index (χ4n) is 3.02. The van der Waals surface area contributed by atoms with Gasteiger partial charge in [-0.2, -0.15) is 10.2 Å². The van der Waals surface area contributed by atoms with E-state index in [2.05, 4.69) is 20.9 Å². The van der Waals surface area contributed by atoms with Crippen LogP contribution in [-0.2, 0) is 6.54 Å². The van der Waals surface area contributed by atoms with Gasteiger partial charge in [-0.25, -0.2) is 5.43 Å². The Kier molecular flexibility index (Phi) is 6.66. The molecule has 8 nitrogen and oxygen atoms in total. The second kappa shape index (κ2) is 9.97. The summed E-state index contributed by atoms with van der Waals surface area (Å²) >= 11 is 5.94. The highest BCUT2D eigenvalue weighted by atomic mass is 35.5. The molecular weight excluding hydrogens is 442 g/mol. The number of hydrogen-bond donors (Lipinski definition) is 2. The molecule has 4 rings (SSSR count). The number of rotatable bonds is 7. The molecular formula is C24H20ClN5O3. The Morgan fingerprint density at radius 3 is 2.58 bits per heavy atom. The number of benzene rings is 2. The molecule has 0 fully saturated rings. The van der Waals surface area contributed by atoms with Gasteiger partial charge in [-0.3, -0.25) is 14.3 Å². The zero-order valence-electron chi connectivity index (χ0n) is 17.7. The normalized spacial score (nSPS) is 11.3. The smallest absolute Gasteiger partial charge is 0.307 e. The number of aromatic nitrogens is 2. The number of anilines is 1. The third-order valence-corrected chi connectivity index (χ3v) is 4.97. The minimum absolute atomic E-state index is 0.160. The van der Waals surface area contributed by atoms with Crippen molar-refractivity contribution in [3.05, 3.63) is 107 Å². The summed E-state index contributed by atoms with van der Waals surface area (Å²) in [5.41, 5.74) is 4.97. The lowest BCUT2D eigenvalue weighted by atomic mass is 10.1. The van der Waals surface area contributed by atoms with E-state index in [0.29, 0.717) is 34.3 Å². The molecule has 2 N–H and O–H groups in total. The topological polar surface area (TPSA) is 102 Å². The van der Waals surface area contributed by atoms with Gasteiger partial charge < -0.3 is 9.73 Å². The van der Waals surface area contributed by atoms with Crippen molar-refractivity contribution in [2.75, 3.05) is 5.32 Å². The molecule has 2 amide bonds. The Labute approximate surface area is 194 Å². The first-order valence-corrected chi connectivity index (χ1v) is 10.4. The first kappa shape index (κ1) is 22.0. The molecule has 0 aliphatic rings. The number of halogens is 1. The standard InChI is InChI=1S/C24H20ClN5O3/c1-16(28-29-24(32)22-11-10-21(33-22)15-30-13-3-12-26-30)17-6-8-20(9-7-17)27-23(31)18-4-2-5-19(25)14-18/h2-14H,15H2,1H3,(H,27,31)(H,29,32). The number of hydrogen-bond acceptors (Lipinski definition) is 5. The molecule has 0 aliphatic carbocycles. The Morgan fingerprint density at radius 2 is 1.85 bits per heavy atom. The average molecular weight is 462 g/mol. The lowest BCUT2D eigenvalue weighted by Gasteiger charge is -2.07. The molecule has 0 spiro atoms. The minimum Gasteiger partial charge on any atom is -0.454 e. The molecule has 2 heterocycles. The van der Waals surface area contributed by atoms with Gasteiger partial charge >= 0.3 is 5.91 Å². The quantitative estimate of drug-likeness (QED) is 0.310. The van der Waals surface area contributed by atoms with Crippen LogP contribution in [0, 0.1) is 0 Å². The Balaban J connectivity index is 1.34. The molecule has 2 aromatic carbocycles. The Hall–Kier alpha value is -4.17. The number of amides is 2. The highest BCUT2D eigenvalue weighted by Gasteiger charge is 2.12. The van der Waals surface area contributed by atoms with Gasteiger partial charge in [0.15, 0.2) is 5.76 Å². The van der Waals surface area contributed by atoms with Crippen LogP contribution in [0.5, 0.6) is 0 Å². The van der Waals surface area contributed by atoms with E-state index in [0.717, 1.165) is 5.56 Å². The molecule has 0 aliphatic heterocycles. The maximum Gasteiger partial charge on any atom is 0.307 e. The molecule has 0 saturated heterocycles. The first-order chi connectivity index (χ1) is 16.0. The summed E-state index contributed by atoms with van der Waals surface area (Å²) < 4.78 is 7.26. The second-order valence-electron chi connectivity index (χ2n) is 7.15. The van der Waals surface area contributed by atoms with E-state index in [1.165, 1.54) is 0 Å². The highest BCUT2D eigenvalue weighted by molar-refractivity contribution is 6.31. The maximum absolute atomic E-state index is 12.3. The Bertz CT molecular complexity index is 1290. The number of nitrogens with zero attached hydrogens (tertiary/aromatic N) is 3. The van der Waals surface area contributed by atoms with Gasteiger partial charge in [-0.05, 0) is 61.0 Å². The van der Waals surface area contributed by atoms with Gasteiger partial charge in [0.25, 0.3) is 5.91 Å². The summed E-state index contributed by atoms with van der Waals surface area (Å²) in [6, 6.07) is 19.0. The lowest BCUT2D eigenvalue weighted by molar-refractivity contribution is 0.0924. The largest absolute Gasteiger partial charge is 0.454 e. The van der Waals surface area contributed by atoms with Gasteiger partial charge in [-0.1, -0.05) is 29.8 Å². The van der Waals surface area contributed by atoms with Crippen LogP contribution in [0.25, 0.3) is 0 Å². The highest BCUT2D eigenvalue weighted by Crippen LogP contribution is 2.15. The first-order valence-electron chi connectivity index (χ1n) is 10.1. The zero-order valence-corrected chi connectivity index (χ0v) is 18.4. The third-order valence-electron chi connectivity index (χ3n) is 4.73. The zero-order chi connectivity index (χ0) is 23.2. The molecule has 0 unspecified atom stereocenters. The van der Waals surface area contributed by atoms with E-state index in [9.17, 15) is 9.59 Å². The van der Waals surface area contributed by atoms with Crippen LogP contribution in [0.3, 0.4) is 0 Å². The second-order valence-corrected chi connectivity index (χ2v) is 7.59. The van der Waals surface area contributed by atoms with Gasteiger partial charge in [-0.15, -0.1) is 0 Å². The number of nitrogens with one attached hydrogen (secondary N) is 2. The van der Waals surface area contributed by atoms with Crippen LogP contribution in [0.1, 0.15) is 39.2 Å². The molecule has 0 atom stereocenters. The molecule has 0 bridgehead atoms. The van der Waals surface area contributed by atoms with Crippen LogP contribution < -0.4 is 10.7 Å². The molecule has 4 aromatic rings. The monoisotopic (exact) mass is 461 g/mol. The maximum atomic E-state index is 12.3. The van der Waals surface area contributed by atoms with Crippen molar-refractivity contribution in [2.24, 2.45) is 5.10 Å². The Morgan fingerprint density at radius 1 is 1.03 bits per heavy atom. The minimum atomic E-state index is -0.452. The van der Waals surface area contributed by atoms with E-state index < -0.39 is 5.91 Å². The fourth-order valence-corrected chi connectivity index (χ4v) is 3.21. The van der Waals surface area contributed by atoms with Crippen LogP contribution in [0.4, 0.5) is 5.69 Å². The predicted octanol–water partition coefficient (Wildman–Crippen LogP) is 4.58. The fraction of sp³-hybridized carbons (Fsp3) is 0.0833. The number of carbonyl (C=O) groups is 2. The lowest BCUT2D eigenvalue weighted by Crippen LogP contribution is -2.18. The van der Waals surface area contributed by atoms with Crippen molar-refractivity contribution in [3.8, 4) is 0 Å². The molecule has 2 aromatic heterocycles. The van der Waals surface area contributed by atoms with E-state index in [1.54, 1.807) is 78.5 Å². The van der Waals surface area contributed by atoms with E-state index in [4.69, 9.17) is 16.0 Å². The number of furan rings is 1. The molecule has 0 saturated carbocycles.